The van der Waals surface area contributed by atoms with Crippen LogP contribution in [0, 0.1) is 6.92 Å². The molecule has 3 rings (SSSR count). The van der Waals surface area contributed by atoms with E-state index in [0.717, 1.165) is 28.5 Å². The first-order chi connectivity index (χ1) is 12.6. The lowest BCUT2D eigenvalue weighted by Crippen LogP contribution is -2.24. The van der Waals surface area contributed by atoms with E-state index in [-0.39, 0.29) is 18.2 Å². The van der Waals surface area contributed by atoms with Crippen molar-refractivity contribution >= 4 is 28.5 Å². The molecule has 3 aromatic rings. The molecule has 5 heteroatoms. The SMILES string of the molecule is CCCNC(=O)c1cccc(NC(=O)Cc2coc3cc(C)ccc23)c1. The molecular formula is C21H22N2O3. The quantitative estimate of drug-likeness (QED) is 0.704. The van der Waals surface area contributed by atoms with Gasteiger partial charge < -0.3 is 15.1 Å². The van der Waals surface area contributed by atoms with Crippen LogP contribution in [0.2, 0.25) is 0 Å². The van der Waals surface area contributed by atoms with Crippen LogP contribution in [-0.2, 0) is 11.2 Å². The lowest BCUT2D eigenvalue weighted by Gasteiger charge is -2.08. The molecule has 5 nitrogen and oxygen atoms in total. The van der Waals surface area contributed by atoms with Crippen LogP contribution in [0.25, 0.3) is 11.0 Å². The van der Waals surface area contributed by atoms with E-state index in [4.69, 9.17) is 4.42 Å². The van der Waals surface area contributed by atoms with E-state index in [9.17, 15) is 9.59 Å². The van der Waals surface area contributed by atoms with Gasteiger partial charge in [0.1, 0.15) is 5.58 Å². The second-order valence-corrected chi connectivity index (χ2v) is 6.32. The molecule has 0 radical (unpaired) electrons. The van der Waals surface area contributed by atoms with Crippen LogP contribution < -0.4 is 10.6 Å². The Bertz CT molecular complexity index is 943. The summed E-state index contributed by atoms with van der Waals surface area (Å²) in [5.74, 6) is -0.293. The molecule has 0 atom stereocenters. The van der Waals surface area contributed by atoms with E-state index in [1.165, 1.54) is 0 Å². The van der Waals surface area contributed by atoms with Crippen molar-refractivity contribution < 1.29 is 14.0 Å². The summed E-state index contributed by atoms with van der Waals surface area (Å²) in [7, 11) is 0. The number of furan rings is 1. The first-order valence-electron chi connectivity index (χ1n) is 8.71. The number of hydrogen-bond donors (Lipinski definition) is 2. The maximum atomic E-state index is 12.4. The molecule has 2 aromatic carbocycles. The zero-order chi connectivity index (χ0) is 18.5. The van der Waals surface area contributed by atoms with Crippen LogP contribution in [0.3, 0.4) is 0 Å². The molecule has 1 heterocycles. The largest absolute Gasteiger partial charge is 0.464 e. The maximum Gasteiger partial charge on any atom is 0.251 e. The number of fused-ring (bicyclic) bond motifs is 1. The van der Waals surface area contributed by atoms with Crippen molar-refractivity contribution in [2.75, 3.05) is 11.9 Å². The Kier molecular flexibility index (Phi) is 5.37. The molecule has 1 aromatic heterocycles. The van der Waals surface area contributed by atoms with Crippen LogP contribution in [0.4, 0.5) is 5.69 Å². The first-order valence-corrected chi connectivity index (χ1v) is 8.71. The van der Waals surface area contributed by atoms with E-state index in [1.54, 1.807) is 30.5 Å². The summed E-state index contributed by atoms with van der Waals surface area (Å²) < 4.78 is 5.54. The summed E-state index contributed by atoms with van der Waals surface area (Å²) >= 11 is 0. The molecule has 0 spiro atoms. The van der Waals surface area contributed by atoms with Gasteiger partial charge >= 0.3 is 0 Å². The molecule has 0 bridgehead atoms. The van der Waals surface area contributed by atoms with Crippen LogP contribution >= 0.6 is 0 Å². The predicted octanol–water partition coefficient (Wildman–Crippen LogP) is 4.06. The third-order valence-electron chi connectivity index (χ3n) is 4.11. The topological polar surface area (TPSA) is 71.3 Å². The van der Waals surface area contributed by atoms with Gasteiger partial charge in [0, 0.05) is 28.7 Å². The third-order valence-corrected chi connectivity index (χ3v) is 4.11. The number of hydrogen-bond acceptors (Lipinski definition) is 3. The second-order valence-electron chi connectivity index (χ2n) is 6.32. The van der Waals surface area contributed by atoms with Gasteiger partial charge in [-0.25, -0.2) is 0 Å². The zero-order valence-electron chi connectivity index (χ0n) is 15.0. The molecule has 2 N–H and O–H groups in total. The van der Waals surface area contributed by atoms with Crippen molar-refractivity contribution in [3.8, 4) is 0 Å². The average molecular weight is 350 g/mol. The highest BCUT2D eigenvalue weighted by atomic mass is 16.3. The Balaban J connectivity index is 1.68. The number of nitrogens with one attached hydrogen (secondary N) is 2. The summed E-state index contributed by atoms with van der Waals surface area (Å²) in [5, 5.41) is 6.62. The number of carbonyl (C=O) groups is 2. The predicted molar refractivity (Wildman–Crippen MR) is 102 cm³/mol. The standard InChI is InChI=1S/C21H22N2O3/c1-3-9-22-21(25)15-5-4-6-17(11-15)23-20(24)12-16-13-26-19-10-14(2)7-8-18(16)19/h4-8,10-11,13H,3,9,12H2,1-2H3,(H,22,25)(H,23,24). The molecule has 0 aliphatic rings. The van der Waals surface area contributed by atoms with Crippen LogP contribution in [0.15, 0.2) is 53.1 Å². The summed E-state index contributed by atoms with van der Waals surface area (Å²) in [6.07, 6.45) is 2.71. The third kappa shape index (κ3) is 4.11. The summed E-state index contributed by atoms with van der Waals surface area (Å²) in [4.78, 5) is 24.4. The van der Waals surface area contributed by atoms with Gasteiger partial charge in [-0.15, -0.1) is 0 Å². The fourth-order valence-corrected chi connectivity index (χ4v) is 2.78. The van der Waals surface area contributed by atoms with Gasteiger partial charge in [-0.2, -0.15) is 0 Å². The first kappa shape index (κ1) is 17.7. The molecule has 0 saturated carbocycles. The van der Waals surface area contributed by atoms with Crippen molar-refractivity contribution in [1.82, 2.24) is 5.32 Å². The minimum Gasteiger partial charge on any atom is -0.464 e. The van der Waals surface area contributed by atoms with Gasteiger partial charge in [-0.05, 0) is 43.2 Å². The van der Waals surface area contributed by atoms with E-state index in [1.807, 2.05) is 32.0 Å². The van der Waals surface area contributed by atoms with Crippen molar-refractivity contribution in [3.63, 3.8) is 0 Å². The van der Waals surface area contributed by atoms with E-state index in [2.05, 4.69) is 10.6 Å². The second kappa shape index (κ2) is 7.87. The lowest BCUT2D eigenvalue weighted by molar-refractivity contribution is -0.115. The number of carbonyl (C=O) groups excluding carboxylic acids is 2. The molecule has 134 valence electrons. The minimum atomic E-state index is -0.153. The highest BCUT2D eigenvalue weighted by Gasteiger charge is 2.12. The fourth-order valence-electron chi connectivity index (χ4n) is 2.78. The Hall–Kier alpha value is -3.08. The Morgan fingerprint density at radius 1 is 1.12 bits per heavy atom. The minimum absolute atomic E-state index is 0.140. The number of anilines is 1. The summed E-state index contributed by atoms with van der Waals surface area (Å²) in [6, 6.07) is 12.9. The van der Waals surface area contributed by atoms with Gasteiger partial charge in [0.2, 0.25) is 5.91 Å². The van der Waals surface area contributed by atoms with Gasteiger partial charge in [-0.1, -0.05) is 25.1 Å². The number of benzene rings is 2. The zero-order valence-corrected chi connectivity index (χ0v) is 15.0. The molecule has 2 amide bonds. The van der Waals surface area contributed by atoms with Crippen LogP contribution in [-0.4, -0.2) is 18.4 Å². The van der Waals surface area contributed by atoms with Crippen molar-refractivity contribution in [2.24, 2.45) is 0 Å². The fraction of sp³-hybridized carbons (Fsp3) is 0.238. The summed E-state index contributed by atoms with van der Waals surface area (Å²) in [5.41, 5.74) is 3.86. The van der Waals surface area contributed by atoms with Gasteiger partial charge in [0.05, 0.1) is 12.7 Å². The molecule has 0 saturated heterocycles. The molecule has 0 aliphatic heterocycles. The monoisotopic (exact) mass is 350 g/mol. The number of aryl methyl sites for hydroxylation is 1. The number of rotatable bonds is 6. The van der Waals surface area contributed by atoms with Crippen LogP contribution in [0.1, 0.15) is 34.8 Å². The maximum absolute atomic E-state index is 12.4. The lowest BCUT2D eigenvalue weighted by atomic mass is 10.1. The molecule has 0 aliphatic carbocycles. The normalized spacial score (nSPS) is 10.7. The summed E-state index contributed by atoms with van der Waals surface area (Å²) in [6.45, 7) is 4.62. The highest BCUT2D eigenvalue weighted by molar-refractivity contribution is 5.98. The Morgan fingerprint density at radius 2 is 1.96 bits per heavy atom. The van der Waals surface area contributed by atoms with E-state index < -0.39 is 0 Å². The molecule has 0 fully saturated rings. The number of amides is 2. The smallest absolute Gasteiger partial charge is 0.251 e. The molecule has 26 heavy (non-hydrogen) atoms. The van der Waals surface area contributed by atoms with Gasteiger partial charge in [0.25, 0.3) is 5.91 Å². The molecule has 0 unspecified atom stereocenters. The van der Waals surface area contributed by atoms with Gasteiger partial charge in [0.15, 0.2) is 0 Å². The van der Waals surface area contributed by atoms with E-state index >= 15 is 0 Å². The van der Waals surface area contributed by atoms with Crippen molar-refractivity contribution in [3.05, 3.63) is 65.4 Å². The average Bonchev–Trinajstić information content (AvgIpc) is 3.01. The Morgan fingerprint density at radius 3 is 2.77 bits per heavy atom. The Labute approximate surface area is 152 Å². The van der Waals surface area contributed by atoms with Crippen LogP contribution in [0.5, 0.6) is 0 Å². The van der Waals surface area contributed by atoms with E-state index in [0.29, 0.717) is 17.8 Å². The highest BCUT2D eigenvalue weighted by Crippen LogP contribution is 2.23. The van der Waals surface area contributed by atoms with Crippen molar-refractivity contribution in [1.29, 1.82) is 0 Å². The van der Waals surface area contributed by atoms with Gasteiger partial charge in [-0.3, -0.25) is 9.59 Å². The molecular weight excluding hydrogens is 328 g/mol. The van der Waals surface area contributed by atoms with Crippen molar-refractivity contribution in [2.45, 2.75) is 26.7 Å².